The summed E-state index contributed by atoms with van der Waals surface area (Å²) in [6.07, 6.45) is 1.05. The van der Waals surface area contributed by atoms with Crippen LogP contribution < -0.4 is 10.2 Å². The Bertz CT molecular complexity index is 466. The van der Waals surface area contributed by atoms with Gasteiger partial charge >= 0.3 is 0 Å². The maximum atomic E-state index is 4.08. The van der Waals surface area contributed by atoms with E-state index < -0.39 is 0 Å². The first-order valence-electron chi connectivity index (χ1n) is 6.02. The summed E-state index contributed by atoms with van der Waals surface area (Å²) < 4.78 is 1.75. The van der Waals surface area contributed by atoms with E-state index in [9.17, 15) is 0 Å². The molecule has 6 heteroatoms. The highest BCUT2D eigenvalue weighted by molar-refractivity contribution is 5.39. The summed E-state index contributed by atoms with van der Waals surface area (Å²) in [6, 6.07) is 9.90. The van der Waals surface area contributed by atoms with Gasteiger partial charge in [-0.1, -0.05) is 23.3 Å². The van der Waals surface area contributed by atoms with Crippen LogP contribution in [0.15, 0.2) is 30.3 Å². The second-order valence-electron chi connectivity index (χ2n) is 4.10. The Labute approximate surface area is 107 Å². The van der Waals surface area contributed by atoms with E-state index in [0.29, 0.717) is 0 Å². The van der Waals surface area contributed by atoms with Gasteiger partial charge in [-0.3, -0.25) is 0 Å². The molecule has 0 aliphatic heterocycles. The second kappa shape index (κ2) is 6.11. The Kier molecular flexibility index (Phi) is 4.25. The molecule has 6 nitrogen and oxygen atoms in total. The van der Waals surface area contributed by atoms with Crippen LogP contribution in [-0.2, 0) is 0 Å². The van der Waals surface area contributed by atoms with Crippen LogP contribution in [0, 0.1) is 0 Å². The lowest BCUT2D eigenvalue weighted by atomic mass is 10.3. The van der Waals surface area contributed by atoms with Gasteiger partial charge in [0, 0.05) is 13.6 Å². The number of para-hydroxylation sites is 1. The van der Waals surface area contributed by atoms with Gasteiger partial charge in [0.2, 0.25) is 5.95 Å². The van der Waals surface area contributed by atoms with E-state index in [1.807, 2.05) is 44.4 Å². The minimum atomic E-state index is 0.761. The first kappa shape index (κ1) is 12.5. The second-order valence-corrected chi connectivity index (χ2v) is 4.10. The fourth-order valence-corrected chi connectivity index (χ4v) is 1.75. The summed E-state index contributed by atoms with van der Waals surface area (Å²) in [7, 11) is 3.95. The van der Waals surface area contributed by atoms with Crippen molar-refractivity contribution in [2.24, 2.45) is 0 Å². The number of hydrogen-bond acceptors (Lipinski definition) is 5. The van der Waals surface area contributed by atoms with Gasteiger partial charge in [0.25, 0.3) is 0 Å². The lowest BCUT2D eigenvalue weighted by molar-refractivity contribution is 0.696. The molecule has 0 amide bonds. The number of tetrazole rings is 1. The molecule has 0 saturated heterocycles. The van der Waals surface area contributed by atoms with Crippen LogP contribution in [0.2, 0.25) is 0 Å². The Balaban J connectivity index is 2.12. The summed E-state index contributed by atoms with van der Waals surface area (Å²) in [6.45, 7) is 1.89. The minimum absolute atomic E-state index is 0.761. The zero-order chi connectivity index (χ0) is 12.8. The summed E-state index contributed by atoms with van der Waals surface area (Å²) in [5.41, 5.74) is 0.970. The third kappa shape index (κ3) is 2.84. The number of anilines is 1. The van der Waals surface area contributed by atoms with E-state index >= 15 is 0 Å². The maximum absolute atomic E-state index is 4.08. The van der Waals surface area contributed by atoms with Gasteiger partial charge in [-0.15, -0.1) is 0 Å². The highest BCUT2D eigenvalue weighted by Gasteiger charge is 2.11. The molecule has 2 aromatic rings. The standard InChI is InChI=1S/C12H18N6/c1-13-9-6-10-17(2)12-14-15-16-18(12)11-7-4-3-5-8-11/h3-5,7-8,13H,6,9-10H2,1-2H3. The Hall–Kier alpha value is -1.95. The molecule has 0 aliphatic rings. The van der Waals surface area contributed by atoms with E-state index in [1.165, 1.54) is 0 Å². The number of benzene rings is 1. The molecule has 0 unspecified atom stereocenters. The summed E-state index contributed by atoms with van der Waals surface area (Å²) in [5.74, 6) is 0.761. The molecule has 96 valence electrons. The topological polar surface area (TPSA) is 58.9 Å². The predicted molar refractivity (Wildman–Crippen MR) is 71.0 cm³/mol. The van der Waals surface area contributed by atoms with Crippen molar-refractivity contribution in [1.82, 2.24) is 25.5 Å². The van der Waals surface area contributed by atoms with Gasteiger partial charge < -0.3 is 10.2 Å². The lowest BCUT2D eigenvalue weighted by Gasteiger charge is -2.17. The van der Waals surface area contributed by atoms with E-state index in [1.54, 1.807) is 4.68 Å². The average molecular weight is 246 g/mol. The maximum Gasteiger partial charge on any atom is 0.250 e. The molecule has 1 aromatic carbocycles. The fraction of sp³-hybridized carbons (Fsp3) is 0.417. The van der Waals surface area contributed by atoms with Crippen molar-refractivity contribution in [3.8, 4) is 5.69 Å². The predicted octanol–water partition coefficient (Wildman–Crippen LogP) is 0.708. The average Bonchev–Trinajstić information content (AvgIpc) is 2.89. The molecular formula is C12H18N6. The molecule has 1 N–H and O–H groups in total. The van der Waals surface area contributed by atoms with Crippen LogP contribution in [0.1, 0.15) is 6.42 Å². The molecule has 0 bridgehead atoms. The first-order chi connectivity index (χ1) is 8.83. The molecule has 1 aromatic heterocycles. The molecule has 1 heterocycles. The van der Waals surface area contributed by atoms with Gasteiger partial charge in [-0.2, -0.15) is 4.68 Å². The highest BCUT2D eigenvalue weighted by Crippen LogP contribution is 2.13. The van der Waals surface area contributed by atoms with Crippen molar-refractivity contribution >= 4 is 5.95 Å². The van der Waals surface area contributed by atoms with Crippen molar-refractivity contribution in [1.29, 1.82) is 0 Å². The molecule has 18 heavy (non-hydrogen) atoms. The van der Waals surface area contributed by atoms with Gasteiger partial charge in [0.05, 0.1) is 5.69 Å². The van der Waals surface area contributed by atoms with Crippen LogP contribution in [0.3, 0.4) is 0 Å². The van der Waals surface area contributed by atoms with Crippen LogP contribution in [-0.4, -0.2) is 47.4 Å². The molecule has 0 atom stereocenters. The summed E-state index contributed by atoms with van der Waals surface area (Å²) in [4.78, 5) is 2.06. The van der Waals surface area contributed by atoms with Crippen molar-refractivity contribution < 1.29 is 0 Å². The Morgan fingerprint density at radius 1 is 1.28 bits per heavy atom. The van der Waals surface area contributed by atoms with Gasteiger partial charge in [0.15, 0.2) is 0 Å². The van der Waals surface area contributed by atoms with Crippen molar-refractivity contribution in [2.45, 2.75) is 6.42 Å². The van der Waals surface area contributed by atoms with Crippen LogP contribution in [0.4, 0.5) is 5.95 Å². The lowest BCUT2D eigenvalue weighted by Crippen LogP contribution is -2.25. The highest BCUT2D eigenvalue weighted by atomic mass is 15.6. The Morgan fingerprint density at radius 2 is 2.06 bits per heavy atom. The van der Waals surface area contributed by atoms with E-state index in [2.05, 4.69) is 25.7 Å². The van der Waals surface area contributed by atoms with E-state index in [4.69, 9.17) is 0 Å². The quantitative estimate of drug-likeness (QED) is 0.761. The van der Waals surface area contributed by atoms with Crippen molar-refractivity contribution in [3.05, 3.63) is 30.3 Å². The van der Waals surface area contributed by atoms with Crippen molar-refractivity contribution in [2.75, 3.05) is 32.1 Å². The number of aromatic nitrogens is 4. The Morgan fingerprint density at radius 3 is 2.78 bits per heavy atom. The summed E-state index contributed by atoms with van der Waals surface area (Å²) in [5, 5.41) is 15.0. The zero-order valence-corrected chi connectivity index (χ0v) is 10.7. The number of rotatable bonds is 6. The number of hydrogen-bond donors (Lipinski definition) is 1. The van der Waals surface area contributed by atoms with Crippen LogP contribution in [0.5, 0.6) is 0 Å². The van der Waals surface area contributed by atoms with Gasteiger partial charge in [-0.05, 0) is 42.6 Å². The number of nitrogens with one attached hydrogen (secondary N) is 1. The van der Waals surface area contributed by atoms with Crippen LogP contribution in [0.25, 0.3) is 5.69 Å². The first-order valence-corrected chi connectivity index (χ1v) is 6.02. The van der Waals surface area contributed by atoms with Crippen molar-refractivity contribution in [3.63, 3.8) is 0 Å². The molecule has 0 fully saturated rings. The SMILES string of the molecule is CNCCCN(C)c1nnnn1-c1ccccc1. The molecule has 2 rings (SSSR count). The molecular weight excluding hydrogens is 228 g/mol. The van der Waals surface area contributed by atoms with Gasteiger partial charge in [0.1, 0.15) is 0 Å². The van der Waals surface area contributed by atoms with Gasteiger partial charge in [-0.25, -0.2) is 0 Å². The number of nitrogens with zero attached hydrogens (tertiary/aromatic N) is 5. The van der Waals surface area contributed by atoms with E-state index in [0.717, 1.165) is 31.1 Å². The fourth-order valence-electron chi connectivity index (χ4n) is 1.75. The minimum Gasteiger partial charge on any atom is -0.342 e. The molecule has 0 saturated carbocycles. The van der Waals surface area contributed by atoms with E-state index in [-0.39, 0.29) is 0 Å². The zero-order valence-electron chi connectivity index (χ0n) is 10.7. The largest absolute Gasteiger partial charge is 0.342 e. The normalized spacial score (nSPS) is 10.6. The molecule has 0 aliphatic carbocycles. The van der Waals surface area contributed by atoms with Crippen LogP contribution >= 0.6 is 0 Å². The third-order valence-electron chi connectivity index (χ3n) is 2.72. The summed E-state index contributed by atoms with van der Waals surface area (Å²) >= 11 is 0. The third-order valence-corrected chi connectivity index (χ3v) is 2.72. The smallest absolute Gasteiger partial charge is 0.250 e. The molecule has 0 spiro atoms. The molecule has 0 radical (unpaired) electrons. The monoisotopic (exact) mass is 246 g/mol.